The number of ether oxygens (including phenoxy) is 1. The van der Waals surface area contributed by atoms with Crippen LogP contribution in [0.25, 0.3) is 0 Å². The quantitative estimate of drug-likeness (QED) is 0.0550. The minimum Gasteiger partial charge on any atom is -0.457 e. The number of esters is 1. The van der Waals surface area contributed by atoms with Gasteiger partial charge in [-0.2, -0.15) is 0 Å². The minimum absolute atomic E-state index is 0.292. The molecule has 0 amide bonds. The molecule has 0 aromatic rings. The summed E-state index contributed by atoms with van der Waals surface area (Å²) in [5.41, 5.74) is 0. The van der Waals surface area contributed by atoms with Gasteiger partial charge in [0, 0.05) is 6.08 Å². The van der Waals surface area contributed by atoms with Crippen molar-refractivity contribution in [3.8, 4) is 0 Å². The highest BCUT2D eigenvalue weighted by Crippen LogP contribution is 2.15. The summed E-state index contributed by atoms with van der Waals surface area (Å²) in [5, 5.41) is 0. The first-order valence-corrected chi connectivity index (χ1v) is 14.7. The topological polar surface area (TPSA) is 26.3 Å². The molecule has 33 heavy (non-hydrogen) atoms. The molecule has 196 valence electrons. The second-order valence-electron chi connectivity index (χ2n) is 10.5. The zero-order valence-electron chi connectivity index (χ0n) is 23.0. The van der Waals surface area contributed by atoms with Crippen molar-refractivity contribution in [3.05, 3.63) is 12.7 Å². The van der Waals surface area contributed by atoms with Gasteiger partial charge in [-0.05, 0) is 25.7 Å². The van der Waals surface area contributed by atoms with Crippen molar-refractivity contribution in [1.29, 1.82) is 0 Å². The third-order valence-electron chi connectivity index (χ3n) is 7.15. The number of carbonyl (C=O) groups is 1. The number of hydrogen-bond donors (Lipinski definition) is 0. The predicted molar refractivity (Wildman–Crippen MR) is 146 cm³/mol. The summed E-state index contributed by atoms with van der Waals surface area (Å²) in [7, 11) is 2.36. The molecule has 0 bridgehead atoms. The fourth-order valence-corrected chi connectivity index (χ4v) is 4.72. The Labute approximate surface area is 208 Å². The largest absolute Gasteiger partial charge is 0.457 e. The van der Waals surface area contributed by atoms with Crippen LogP contribution in [0.2, 0.25) is 0 Å². The van der Waals surface area contributed by atoms with Crippen LogP contribution in [-0.2, 0) is 9.53 Å². The molecule has 0 atom stereocenters. The standard InChI is InChI=1S/C30H60NO2/c1-5-8-10-12-14-16-18-20-22-24-26-31(4,28-29-33-30(32)7-3)27-25-23-21-19-17-15-13-11-9-6-2/h7H,3,5-6,8-29H2,1-2,4H3/q+1. The summed E-state index contributed by atoms with van der Waals surface area (Å²) in [6.07, 6.45) is 28.9. The average Bonchev–Trinajstić information content (AvgIpc) is 2.81. The Morgan fingerprint density at radius 1 is 0.606 bits per heavy atom. The molecule has 0 aliphatic heterocycles. The van der Waals surface area contributed by atoms with Gasteiger partial charge in [0.25, 0.3) is 0 Å². The highest BCUT2D eigenvalue weighted by atomic mass is 16.5. The highest BCUT2D eigenvalue weighted by molar-refractivity contribution is 5.81. The Morgan fingerprint density at radius 3 is 1.27 bits per heavy atom. The van der Waals surface area contributed by atoms with E-state index in [1.54, 1.807) is 0 Å². The van der Waals surface area contributed by atoms with E-state index in [0.29, 0.717) is 6.61 Å². The molecule has 0 radical (unpaired) electrons. The molecular weight excluding hydrogens is 406 g/mol. The first-order chi connectivity index (χ1) is 16.1. The van der Waals surface area contributed by atoms with Gasteiger partial charge in [-0.25, -0.2) is 4.79 Å². The van der Waals surface area contributed by atoms with Crippen molar-refractivity contribution >= 4 is 5.97 Å². The van der Waals surface area contributed by atoms with Crippen LogP contribution in [0.5, 0.6) is 0 Å². The fraction of sp³-hybridized carbons (Fsp3) is 0.900. The second kappa shape index (κ2) is 24.3. The van der Waals surface area contributed by atoms with E-state index in [0.717, 1.165) is 11.0 Å². The molecular formula is C30H60NO2+. The van der Waals surface area contributed by atoms with E-state index in [1.807, 2.05) is 0 Å². The van der Waals surface area contributed by atoms with Crippen LogP contribution in [0.15, 0.2) is 12.7 Å². The molecule has 0 heterocycles. The van der Waals surface area contributed by atoms with Crippen LogP contribution in [0.1, 0.15) is 142 Å². The molecule has 0 aliphatic rings. The predicted octanol–water partition coefficient (Wildman–Crippen LogP) is 9.00. The smallest absolute Gasteiger partial charge is 0.330 e. The number of nitrogens with zero attached hydrogens (tertiary/aromatic N) is 1. The maximum Gasteiger partial charge on any atom is 0.330 e. The number of rotatable bonds is 26. The Morgan fingerprint density at radius 2 is 0.939 bits per heavy atom. The molecule has 3 heteroatoms. The van der Waals surface area contributed by atoms with Crippen molar-refractivity contribution in [2.24, 2.45) is 0 Å². The summed E-state index contributed by atoms with van der Waals surface area (Å²) in [5.74, 6) is -0.292. The molecule has 3 nitrogen and oxygen atoms in total. The molecule has 0 spiro atoms. The molecule has 0 fully saturated rings. The average molecular weight is 467 g/mol. The first kappa shape index (κ1) is 32.2. The number of carbonyl (C=O) groups excluding carboxylic acids is 1. The monoisotopic (exact) mass is 466 g/mol. The molecule has 0 aromatic heterocycles. The number of unbranched alkanes of at least 4 members (excludes halogenated alkanes) is 18. The lowest BCUT2D eigenvalue weighted by Gasteiger charge is -2.34. The number of quaternary nitrogens is 1. The van der Waals surface area contributed by atoms with E-state index in [2.05, 4.69) is 27.5 Å². The third-order valence-corrected chi connectivity index (χ3v) is 7.15. The van der Waals surface area contributed by atoms with Gasteiger partial charge < -0.3 is 9.22 Å². The lowest BCUT2D eigenvalue weighted by atomic mass is 10.1. The molecule has 0 unspecified atom stereocenters. The summed E-state index contributed by atoms with van der Waals surface area (Å²) >= 11 is 0. The summed E-state index contributed by atoms with van der Waals surface area (Å²) < 4.78 is 6.35. The molecule has 0 saturated carbocycles. The molecule has 0 saturated heterocycles. The van der Waals surface area contributed by atoms with E-state index >= 15 is 0 Å². The Kier molecular flexibility index (Phi) is 23.7. The van der Waals surface area contributed by atoms with Crippen LogP contribution in [0.3, 0.4) is 0 Å². The lowest BCUT2D eigenvalue weighted by Crippen LogP contribution is -2.48. The maximum absolute atomic E-state index is 11.4. The van der Waals surface area contributed by atoms with Gasteiger partial charge in [-0.3, -0.25) is 0 Å². The van der Waals surface area contributed by atoms with E-state index in [-0.39, 0.29) is 5.97 Å². The fourth-order valence-electron chi connectivity index (χ4n) is 4.72. The second-order valence-corrected chi connectivity index (χ2v) is 10.5. The molecule has 0 aliphatic carbocycles. The zero-order valence-corrected chi connectivity index (χ0v) is 23.0. The van der Waals surface area contributed by atoms with Gasteiger partial charge in [0.2, 0.25) is 0 Å². The molecule has 0 N–H and O–H groups in total. The number of likely N-dealkylation sites (N-methyl/N-ethyl adjacent to an activating group) is 1. The SMILES string of the molecule is C=CC(=O)OCC[N+](C)(CCCCCCCCCCCC)CCCCCCCCCCCC. The van der Waals surface area contributed by atoms with Crippen LogP contribution < -0.4 is 0 Å². The Hall–Kier alpha value is -0.830. The maximum atomic E-state index is 11.4. The van der Waals surface area contributed by atoms with Crippen LogP contribution in [-0.4, -0.2) is 43.7 Å². The normalized spacial score (nSPS) is 11.6. The van der Waals surface area contributed by atoms with Crippen LogP contribution in [0, 0.1) is 0 Å². The van der Waals surface area contributed by atoms with Gasteiger partial charge in [-0.1, -0.05) is 123 Å². The van der Waals surface area contributed by atoms with Gasteiger partial charge in [-0.15, -0.1) is 0 Å². The summed E-state index contributed by atoms with van der Waals surface area (Å²) in [6.45, 7) is 11.9. The highest BCUT2D eigenvalue weighted by Gasteiger charge is 2.21. The van der Waals surface area contributed by atoms with Crippen molar-refractivity contribution in [2.75, 3.05) is 33.3 Å². The summed E-state index contributed by atoms with van der Waals surface area (Å²) in [6, 6.07) is 0. The van der Waals surface area contributed by atoms with E-state index in [9.17, 15) is 4.79 Å². The van der Waals surface area contributed by atoms with Gasteiger partial charge >= 0.3 is 5.97 Å². The van der Waals surface area contributed by atoms with E-state index in [4.69, 9.17) is 4.74 Å². The van der Waals surface area contributed by atoms with Gasteiger partial charge in [0.05, 0.1) is 20.1 Å². The molecule has 0 rings (SSSR count). The van der Waals surface area contributed by atoms with Gasteiger partial charge in [0.15, 0.2) is 0 Å². The van der Waals surface area contributed by atoms with Crippen molar-refractivity contribution < 1.29 is 14.0 Å². The first-order valence-electron chi connectivity index (χ1n) is 14.7. The van der Waals surface area contributed by atoms with Gasteiger partial charge in [0.1, 0.15) is 13.2 Å². The van der Waals surface area contributed by atoms with Crippen LogP contribution >= 0.6 is 0 Å². The Bertz CT molecular complexity index is 411. The van der Waals surface area contributed by atoms with E-state index in [1.165, 1.54) is 148 Å². The Balaban J connectivity index is 4.01. The lowest BCUT2D eigenvalue weighted by molar-refractivity contribution is -0.910. The van der Waals surface area contributed by atoms with Crippen molar-refractivity contribution in [1.82, 2.24) is 0 Å². The van der Waals surface area contributed by atoms with Crippen molar-refractivity contribution in [2.45, 2.75) is 142 Å². The molecule has 0 aromatic carbocycles. The number of hydrogen-bond acceptors (Lipinski definition) is 2. The third kappa shape index (κ3) is 22.7. The minimum atomic E-state index is -0.292. The van der Waals surface area contributed by atoms with Crippen LogP contribution in [0.4, 0.5) is 0 Å². The zero-order chi connectivity index (χ0) is 24.5. The van der Waals surface area contributed by atoms with Crippen molar-refractivity contribution in [3.63, 3.8) is 0 Å². The van der Waals surface area contributed by atoms with E-state index < -0.39 is 0 Å². The summed E-state index contributed by atoms with van der Waals surface area (Å²) in [4.78, 5) is 11.4.